The van der Waals surface area contributed by atoms with Gasteiger partial charge in [0.25, 0.3) is 5.91 Å². The Morgan fingerprint density at radius 2 is 2.03 bits per heavy atom. The predicted molar refractivity (Wildman–Crippen MR) is 116 cm³/mol. The molecular weight excluding hydrogens is 382 g/mol. The summed E-state index contributed by atoms with van der Waals surface area (Å²) in [5.74, 6) is -1.71. The molecule has 0 saturated carbocycles. The SMILES string of the molecule is CC(C)(C)CC1C=CC(c2ccc3c(n2)CC=NC(C(=O)NCC(=O)O)=C3O)=CC1. The summed E-state index contributed by atoms with van der Waals surface area (Å²) in [5.41, 5.74) is 2.93. The molecule has 0 saturated heterocycles. The highest BCUT2D eigenvalue weighted by Crippen LogP contribution is 2.32. The first-order valence-corrected chi connectivity index (χ1v) is 9.99. The van der Waals surface area contributed by atoms with Crippen molar-refractivity contribution in [1.82, 2.24) is 10.3 Å². The molecular formula is C23H27N3O4. The minimum Gasteiger partial charge on any atom is -0.505 e. The van der Waals surface area contributed by atoms with Crippen LogP contribution in [0.5, 0.6) is 0 Å². The van der Waals surface area contributed by atoms with E-state index in [-0.39, 0.29) is 16.9 Å². The standard InChI is InChI=1S/C23H27N3O4/c1-23(2,3)12-14-4-6-15(7-5-14)17-9-8-16-18(26-17)10-11-24-20(21(16)29)22(30)25-13-19(27)28/h4,6-9,11,14,29H,5,10,12-13H2,1-3H3,(H,25,30)(H,27,28). The molecule has 1 amide bonds. The Balaban J connectivity index is 1.81. The predicted octanol–water partition coefficient (Wildman–Crippen LogP) is 3.53. The van der Waals surface area contributed by atoms with Gasteiger partial charge in [0.15, 0.2) is 11.5 Å². The molecule has 158 valence electrons. The number of aliphatic hydroxyl groups is 1. The zero-order chi connectivity index (χ0) is 21.9. The van der Waals surface area contributed by atoms with Crippen LogP contribution in [0.4, 0.5) is 0 Å². The molecule has 0 bridgehead atoms. The van der Waals surface area contributed by atoms with E-state index in [1.54, 1.807) is 6.07 Å². The van der Waals surface area contributed by atoms with E-state index in [1.807, 2.05) is 6.07 Å². The van der Waals surface area contributed by atoms with Crippen molar-refractivity contribution >= 4 is 29.4 Å². The molecule has 1 aliphatic heterocycles. The van der Waals surface area contributed by atoms with Gasteiger partial charge in [0.05, 0.1) is 11.4 Å². The lowest BCUT2D eigenvalue weighted by atomic mass is 9.81. The molecule has 2 aliphatic rings. The zero-order valence-electron chi connectivity index (χ0n) is 17.5. The van der Waals surface area contributed by atoms with Gasteiger partial charge in [0.2, 0.25) is 0 Å². The number of nitrogens with zero attached hydrogens (tertiary/aromatic N) is 2. The largest absolute Gasteiger partial charge is 0.505 e. The van der Waals surface area contributed by atoms with Crippen molar-refractivity contribution < 1.29 is 19.8 Å². The molecule has 3 N–H and O–H groups in total. The average Bonchev–Trinajstić information content (AvgIpc) is 2.84. The maximum Gasteiger partial charge on any atom is 0.322 e. The highest BCUT2D eigenvalue weighted by molar-refractivity contribution is 6.02. The van der Waals surface area contributed by atoms with E-state index in [1.165, 1.54) is 6.21 Å². The van der Waals surface area contributed by atoms with Crippen LogP contribution in [-0.2, 0) is 16.0 Å². The zero-order valence-corrected chi connectivity index (χ0v) is 17.5. The molecule has 7 nitrogen and oxygen atoms in total. The molecule has 1 unspecified atom stereocenters. The molecule has 7 heteroatoms. The maximum atomic E-state index is 12.2. The third-order valence-electron chi connectivity index (χ3n) is 4.93. The number of carboxylic acids is 1. The van der Waals surface area contributed by atoms with Crippen molar-refractivity contribution in [3.63, 3.8) is 0 Å². The lowest BCUT2D eigenvalue weighted by molar-refractivity contribution is -0.137. The first-order chi connectivity index (χ1) is 14.1. The van der Waals surface area contributed by atoms with Crippen molar-refractivity contribution in [2.75, 3.05) is 6.54 Å². The fourth-order valence-corrected chi connectivity index (χ4v) is 3.64. The van der Waals surface area contributed by atoms with Gasteiger partial charge in [-0.25, -0.2) is 0 Å². The van der Waals surface area contributed by atoms with Gasteiger partial charge in [0, 0.05) is 18.2 Å². The van der Waals surface area contributed by atoms with Crippen LogP contribution in [0.2, 0.25) is 0 Å². The average molecular weight is 409 g/mol. The summed E-state index contributed by atoms with van der Waals surface area (Å²) in [4.78, 5) is 31.5. The van der Waals surface area contributed by atoms with Crippen LogP contribution in [0.3, 0.4) is 0 Å². The van der Waals surface area contributed by atoms with Crippen LogP contribution in [0.25, 0.3) is 11.3 Å². The van der Waals surface area contributed by atoms with E-state index in [0.717, 1.165) is 24.1 Å². The Bertz CT molecular complexity index is 981. The second-order valence-electron chi connectivity index (χ2n) is 8.76. The Kier molecular flexibility index (Phi) is 6.20. The second kappa shape index (κ2) is 8.65. The van der Waals surface area contributed by atoms with Gasteiger partial charge in [-0.3, -0.25) is 19.6 Å². The molecule has 0 radical (unpaired) electrons. The quantitative estimate of drug-likeness (QED) is 0.689. The van der Waals surface area contributed by atoms with Gasteiger partial charge in [-0.2, -0.15) is 0 Å². The first kappa shape index (κ1) is 21.5. The molecule has 0 spiro atoms. The Labute approximate surface area is 175 Å². The first-order valence-electron chi connectivity index (χ1n) is 9.99. The van der Waals surface area contributed by atoms with Gasteiger partial charge in [-0.05, 0) is 41.9 Å². The Morgan fingerprint density at radius 3 is 2.67 bits per heavy atom. The molecule has 1 aromatic rings. The summed E-state index contributed by atoms with van der Waals surface area (Å²) in [5, 5.41) is 21.5. The monoisotopic (exact) mass is 409 g/mol. The lowest BCUT2D eigenvalue weighted by Crippen LogP contribution is -2.30. The topological polar surface area (TPSA) is 112 Å². The van der Waals surface area contributed by atoms with Crippen molar-refractivity contribution in [3.05, 3.63) is 53.0 Å². The third-order valence-corrected chi connectivity index (χ3v) is 4.93. The number of aromatic nitrogens is 1. The Hall–Kier alpha value is -3.22. The minimum atomic E-state index is -1.17. The van der Waals surface area contributed by atoms with Gasteiger partial charge >= 0.3 is 5.97 Å². The van der Waals surface area contributed by atoms with Gasteiger partial charge in [-0.15, -0.1) is 0 Å². The summed E-state index contributed by atoms with van der Waals surface area (Å²) in [6.45, 7) is 6.18. The summed E-state index contributed by atoms with van der Waals surface area (Å²) in [6, 6.07) is 3.54. The van der Waals surface area contributed by atoms with Crippen LogP contribution in [-0.4, -0.2) is 39.8 Å². The third kappa shape index (κ3) is 5.23. The van der Waals surface area contributed by atoms with Crippen molar-refractivity contribution in [2.24, 2.45) is 16.3 Å². The molecule has 1 aliphatic carbocycles. The van der Waals surface area contributed by atoms with E-state index >= 15 is 0 Å². The van der Waals surface area contributed by atoms with Gasteiger partial charge < -0.3 is 15.5 Å². The fraction of sp³-hybridized carbons (Fsp3) is 0.391. The van der Waals surface area contributed by atoms with E-state index in [0.29, 0.717) is 23.6 Å². The number of carboxylic acid groups (broad SMARTS) is 1. The number of nitrogens with one attached hydrogen (secondary N) is 1. The van der Waals surface area contributed by atoms with Crippen LogP contribution in [0.15, 0.2) is 41.1 Å². The number of pyridine rings is 1. The second-order valence-corrected chi connectivity index (χ2v) is 8.76. The number of fused-ring (bicyclic) bond motifs is 1. The van der Waals surface area contributed by atoms with Crippen LogP contribution in [0.1, 0.15) is 50.6 Å². The minimum absolute atomic E-state index is 0.216. The Morgan fingerprint density at radius 1 is 1.27 bits per heavy atom. The number of rotatable bonds is 5. The number of allylic oxidation sites excluding steroid dienone is 4. The number of carbonyl (C=O) groups is 2. The lowest BCUT2D eigenvalue weighted by Gasteiger charge is -2.25. The number of hydrogen-bond donors (Lipinski definition) is 3. The number of aliphatic imine (C=N–C) groups is 1. The number of aliphatic hydroxyl groups excluding tert-OH is 1. The highest BCUT2D eigenvalue weighted by Gasteiger charge is 2.23. The van der Waals surface area contributed by atoms with E-state index < -0.39 is 18.4 Å². The van der Waals surface area contributed by atoms with Crippen molar-refractivity contribution in [3.8, 4) is 0 Å². The summed E-state index contributed by atoms with van der Waals surface area (Å²) < 4.78 is 0. The number of aliphatic carboxylic acids is 1. The van der Waals surface area contributed by atoms with Crippen molar-refractivity contribution in [2.45, 2.75) is 40.0 Å². The highest BCUT2D eigenvalue weighted by atomic mass is 16.4. The molecule has 1 aromatic heterocycles. The maximum absolute atomic E-state index is 12.2. The molecule has 30 heavy (non-hydrogen) atoms. The summed E-state index contributed by atoms with van der Waals surface area (Å²) in [7, 11) is 0. The molecule has 0 fully saturated rings. The number of amides is 1. The van der Waals surface area contributed by atoms with Crippen molar-refractivity contribution in [1.29, 1.82) is 0 Å². The summed E-state index contributed by atoms with van der Waals surface area (Å²) in [6.07, 6.45) is 10.5. The molecule has 2 heterocycles. The molecule has 0 aromatic carbocycles. The van der Waals surface area contributed by atoms with E-state index in [2.05, 4.69) is 54.3 Å². The van der Waals surface area contributed by atoms with Crippen LogP contribution < -0.4 is 5.32 Å². The fourth-order valence-electron chi connectivity index (χ4n) is 3.64. The number of carbonyl (C=O) groups excluding carboxylic acids is 1. The molecule has 3 rings (SSSR count). The smallest absolute Gasteiger partial charge is 0.322 e. The summed E-state index contributed by atoms with van der Waals surface area (Å²) >= 11 is 0. The molecule has 1 atom stereocenters. The van der Waals surface area contributed by atoms with E-state index in [9.17, 15) is 14.7 Å². The van der Waals surface area contributed by atoms with Gasteiger partial charge in [0.1, 0.15) is 6.54 Å². The van der Waals surface area contributed by atoms with Gasteiger partial charge in [-0.1, -0.05) is 39.0 Å². The normalized spacial score (nSPS) is 18.5. The van der Waals surface area contributed by atoms with E-state index in [4.69, 9.17) is 5.11 Å². The van der Waals surface area contributed by atoms with Crippen LogP contribution >= 0.6 is 0 Å². The van der Waals surface area contributed by atoms with Crippen LogP contribution in [0, 0.1) is 11.3 Å². The number of hydrogen-bond acceptors (Lipinski definition) is 5.